The van der Waals surface area contributed by atoms with Gasteiger partial charge in [0.05, 0.1) is 33.0 Å². The highest BCUT2D eigenvalue weighted by molar-refractivity contribution is 7.46. The van der Waals surface area contributed by atoms with Gasteiger partial charge in [-0.2, -0.15) is 0 Å². The number of allylic oxidation sites excluding steroid dienone is 2. The molecular formula is C45H92NO7P. The normalized spacial score (nSPS) is 15.6. The second-order valence-electron chi connectivity index (χ2n) is 17.6. The minimum atomic E-state index is -4.58. The number of phosphoric acid groups is 1. The van der Waals surface area contributed by atoms with Gasteiger partial charge in [-0.15, -0.1) is 0 Å². The van der Waals surface area contributed by atoms with Gasteiger partial charge in [-0.3, -0.25) is 4.52 Å². The van der Waals surface area contributed by atoms with E-state index in [0.29, 0.717) is 19.8 Å². The van der Waals surface area contributed by atoms with Crippen molar-refractivity contribution < 1.29 is 33.5 Å². The maximum Gasteiger partial charge on any atom is 0.469 e. The number of hydrogen-bond donors (Lipinski definition) is 4. The van der Waals surface area contributed by atoms with Gasteiger partial charge in [0.15, 0.2) is 0 Å². The summed E-state index contributed by atoms with van der Waals surface area (Å²) < 4.78 is 27.9. The topological polar surface area (TPSA) is 131 Å². The van der Waals surface area contributed by atoms with Crippen LogP contribution < -0.4 is 5.73 Å². The molecular weight excluding hydrogens is 697 g/mol. The molecule has 5 unspecified atom stereocenters. The van der Waals surface area contributed by atoms with Gasteiger partial charge in [0.1, 0.15) is 6.10 Å². The molecule has 0 aromatic heterocycles. The quantitative estimate of drug-likeness (QED) is 0.0283. The standard InChI is InChI=1S/C43H85O6P.C2H7NO/c1-35(2)17-11-19-37(5)21-13-23-39(7)25-15-27-41(9)29-31-47-33-43(34-49-50(44,45)46)48-32-30-42(10)28-16-26-40(8)24-14-22-38(6)20-12-18-36(3)4;3-1-2-4/h29-30,35-40,43H,11-28,31-34H2,1-10H3,(H2,44,45,46);4H,1-3H2/b41-29+,42-30+;. The first kappa shape index (κ1) is 55.5. The van der Waals surface area contributed by atoms with Crippen molar-refractivity contribution in [1.29, 1.82) is 0 Å². The maximum absolute atomic E-state index is 11.3. The molecule has 0 heterocycles. The van der Waals surface area contributed by atoms with Crippen molar-refractivity contribution in [3.8, 4) is 0 Å². The van der Waals surface area contributed by atoms with Crippen LogP contribution in [0.1, 0.15) is 185 Å². The molecule has 9 heteroatoms. The van der Waals surface area contributed by atoms with Crippen LogP contribution in [0.15, 0.2) is 23.3 Å². The van der Waals surface area contributed by atoms with Crippen LogP contribution in [0, 0.1) is 35.5 Å². The summed E-state index contributed by atoms with van der Waals surface area (Å²) in [5, 5.41) is 7.75. The van der Waals surface area contributed by atoms with Gasteiger partial charge in [0.25, 0.3) is 0 Å². The van der Waals surface area contributed by atoms with Crippen LogP contribution in [0.2, 0.25) is 0 Å². The number of nitrogens with two attached hydrogens (primary N) is 1. The first-order valence-electron chi connectivity index (χ1n) is 22.0. The van der Waals surface area contributed by atoms with E-state index < -0.39 is 13.9 Å². The number of phosphoric ester groups is 1. The number of hydrogen-bond acceptors (Lipinski definition) is 6. The highest BCUT2D eigenvalue weighted by atomic mass is 31.2. The highest BCUT2D eigenvalue weighted by Gasteiger charge is 2.19. The molecule has 0 saturated heterocycles. The van der Waals surface area contributed by atoms with Gasteiger partial charge in [0.2, 0.25) is 0 Å². The third kappa shape index (κ3) is 42.6. The van der Waals surface area contributed by atoms with Gasteiger partial charge in [-0.25, -0.2) is 4.57 Å². The molecule has 0 saturated carbocycles. The van der Waals surface area contributed by atoms with Crippen molar-refractivity contribution >= 4 is 7.82 Å². The van der Waals surface area contributed by atoms with E-state index in [0.717, 1.165) is 48.3 Å². The Morgan fingerprint density at radius 3 is 1.30 bits per heavy atom. The number of ether oxygens (including phenoxy) is 2. The van der Waals surface area contributed by atoms with Gasteiger partial charge in [-0.1, -0.05) is 169 Å². The fraction of sp³-hybridized carbons (Fsp3) is 0.911. The summed E-state index contributed by atoms with van der Waals surface area (Å²) in [5.74, 6) is 4.85. The molecule has 0 aliphatic rings. The summed E-state index contributed by atoms with van der Waals surface area (Å²) in [5.41, 5.74) is 7.38. The van der Waals surface area contributed by atoms with E-state index in [2.05, 4.69) is 81.4 Å². The van der Waals surface area contributed by atoms with Crippen LogP contribution in [-0.4, -0.2) is 60.6 Å². The molecule has 54 heavy (non-hydrogen) atoms. The van der Waals surface area contributed by atoms with E-state index >= 15 is 0 Å². The lowest BCUT2D eigenvalue weighted by molar-refractivity contribution is -0.0267. The third-order valence-electron chi connectivity index (χ3n) is 10.5. The van der Waals surface area contributed by atoms with E-state index in [1.54, 1.807) is 0 Å². The smallest absolute Gasteiger partial charge is 0.395 e. The Balaban J connectivity index is 0. The average molecular weight is 790 g/mol. The molecule has 0 aliphatic heterocycles. The minimum Gasteiger partial charge on any atom is -0.395 e. The molecule has 5 N–H and O–H groups in total. The van der Waals surface area contributed by atoms with E-state index in [1.807, 2.05) is 0 Å². The molecule has 0 aromatic rings. The maximum atomic E-state index is 11.3. The lowest BCUT2D eigenvalue weighted by Gasteiger charge is -2.18. The van der Waals surface area contributed by atoms with E-state index in [-0.39, 0.29) is 19.8 Å². The molecule has 8 nitrogen and oxygen atoms in total. The Kier molecular flexibility index (Phi) is 37.8. The molecule has 0 amide bonds. The summed E-state index contributed by atoms with van der Waals surface area (Å²) in [4.78, 5) is 18.4. The van der Waals surface area contributed by atoms with Crippen molar-refractivity contribution in [3.05, 3.63) is 23.3 Å². The summed E-state index contributed by atoms with van der Waals surface area (Å²) in [7, 11) is -4.58. The van der Waals surface area contributed by atoms with Crippen molar-refractivity contribution in [1.82, 2.24) is 0 Å². The average Bonchev–Trinajstić information content (AvgIpc) is 3.08. The van der Waals surface area contributed by atoms with Crippen molar-refractivity contribution in [2.24, 2.45) is 41.2 Å². The second-order valence-corrected chi connectivity index (χ2v) is 18.8. The van der Waals surface area contributed by atoms with Crippen LogP contribution in [0.5, 0.6) is 0 Å². The van der Waals surface area contributed by atoms with Gasteiger partial charge >= 0.3 is 7.82 Å². The van der Waals surface area contributed by atoms with Crippen LogP contribution in [0.4, 0.5) is 0 Å². The predicted octanol–water partition coefficient (Wildman–Crippen LogP) is 12.2. The van der Waals surface area contributed by atoms with Crippen LogP contribution in [0.25, 0.3) is 0 Å². The molecule has 324 valence electrons. The minimum absolute atomic E-state index is 0.0972. The van der Waals surface area contributed by atoms with Gasteiger partial charge in [0, 0.05) is 6.54 Å². The SMILES string of the molecule is C/C(=C\COCC(COP(=O)(O)O)OC/C=C(\C)CCCC(C)CCCC(C)CCCC(C)C)CCCC(C)CCCC(C)CCCC(C)C.NCCO. The molecule has 0 fully saturated rings. The third-order valence-corrected chi connectivity index (χ3v) is 10.9. The summed E-state index contributed by atoms with van der Waals surface area (Å²) in [6.07, 6.45) is 26.8. The van der Waals surface area contributed by atoms with E-state index in [1.165, 1.54) is 114 Å². The fourth-order valence-corrected chi connectivity index (χ4v) is 7.03. The first-order valence-corrected chi connectivity index (χ1v) is 23.5. The van der Waals surface area contributed by atoms with Crippen LogP contribution in [-0.2, 0) is 18.6 Å². The van der Waals surface area contributed by atoms with Crippen LogP contribution in [0.3, 0.4) is 0 Å². The lowest BCUT2D eigenvalue weighted by atomic mass is 9.91. The predicted molar refractivity (Wildman–Crippen MR) is 232 cm³/mol. The van der Waals surface area contributed by atoms with Gasteiger partial charge < -0.3 is 30.1 Å². The van der Waals surface area contributed by atoms with Crippen molar-refractivity contribution in [3.63, 3.8) is 0 Å². The van der Waals surface area contributed by atoms with Crippen molar-refractivity contribution in [2.45, 2.75) is 191 Å². The molecule has 0 radical (unpaired) electrons. The summed E-state index contributed by atoms with van der Waals surface area (Å²) in [6, 6.07) is 0. The lowest BCUT2D eigenvalue weighted by Crippen LogP contribution is -2.25. The zero-order valence-electron chi connectivity index (χ0n) is 37.2. The zero-order chi connectivity index (χ0) is 41.2. The molecule has 0 aromatic carbocycles. The molecule has 0 spiro atoms. The number of aliphatic hydroxyl groups is 1. The van der Waals surface area contributed by atoms with E-state index in [4.69, 9.17) is 24.8 Å². The first-order chi connectivity index (χ1) is 25.5. The van der Waals surface area contributed by atoms with E-state index in [9.17, 15) is 14.4 Å². The Bertz CT molecular complexity index is 933. The molecule has 0 rings (SSSR count). The zero-order valence-corrected chi connectivity index (χ0v) is 38.1. The monoisotopic (exact) mass is 790 g/mol. The Hall–Kier alpha value is -0.570. The fourth-order valence-electron chi connectivity index (χ4n) is 6.67. The Labute approximate surface area is 335 Å². The molecule has 0 bridgehead atoms. The largest absolute Gasteiger partial charge is 0.469 e. The summed E-state index contributed by atoms with van der Waals surface area (Å²) >= 11 is 0. The number of rotatable bonds is 35. The molecule has 5 atom stereocenters. The summed E-state index contributed by atoms with van der Waals surface area (Å²) in [6.45, 7) is 24.5. The number of aliphatic hydroxyl groups excluding tert-OH is 1. The highest BCUT2D eigenvalue weighted by Crippen LogP contribution is 2.36. The molecule has 0 aliphatic carbocycles. The van der Waals surface area contributed by atoms with Crippen molar-refractivity contribution in [2.75, 3.05) is 39.6 Å². The van der Waals surface area contributed by atoms with Crippen LogP contribution >= 0.6 is 7.82 Å². The Morgan fingerprint density at radius 2 is 0.944 bits per heavy atom. The Morgan fingerprint density at radius 1 is 0.593 bits per heavy atom. The second kappa shape index (κ2) is 36.7. The van der Waals surface area contributed by atoms with Gasteiger partial charge in [-0.05, 0) is 75.0 Å².